The molecule has 1 unspecified atom stereocenters. The molecule has 0 bridgehead atoms. The van der Waals surface area contributed by atoms with Gasteiger partial charge in [0.05, 0.1) is 6.10 Å². The van der Waals surface area contributed by atoms with E-state index in [9.17, 15) is 5.11 Å². The third-order valence-electron chi connectivity index (χ3n) is 3.33. The minimum atomic E-state index is -0.358. The third-order valence-corrected chi connectivity index (χ3v) is 4.02. The molecule has 0 fully saturated rings. The quantitative estimate of drug-likeness (QED) is 0.844. The summed E-state index contributed by atoms with van der Waals surface area (Å²) in [4.78, 5) is 0. The Bertz CT molecular complexity index is 530. The lowest BCUT2D eigenvalue weighted by Gasteiger charge is -2.33. The second kappa shape index (κ2) is 3.65. The molecule has 2 aromatic rings. The van der Waals surface area contributed by atoms with Crippen molar-refractivity contribution in [3.63, 3.8) is 0 Å². The fourth-order valence-electron chi connectivity index (χ4n) is 2.58. The van der Waals surface area contributed by atoms with E-state index < -0.39 is 0 Å². The summed E-state index contributed by atoms with van der Waals surface area (Å²) >= 11 is 1.51. The van der Waals surface area contributed by atoms with Gasteiger partial charge in [0, 0.05) is 17.5 Å². The van der Waals surface area contributed by atoms with Gasteiger partial charge in [-0.15, -0.1) is 10.2 Å². The summed E-state index contributed by atoms with van der Waals surface area (Å²) in [5.74, 6) is 0. The molecule has 2 heterocycles. The van der Waals surface area contributed by atoms with Crippen molar-refractivity contribution >= 4 is 11.3 Å². The minimum Gasteiger partial charge on any atom is -0.388 e. The summed E-state index contributed by atoms with van der Waals surface area (Å²) in [5, 5.41) is 19.0. The van der Waals surface area contributed by atoms with Crippen LogP contribution in [0.4, 0.5) is 0 Å². The van der Waals surface area contributed by atoms with Crippen LogP contribution in [-0.2, 0) is 6.42 Å². The Morgan fingerprint density at radius 1 is 1.53 bits per heavy atom. The van der Waals surface area contributed by atoms with E-state index in [1.165, 1.54) is 17.0 Å². The van der Waals surface area contributed by atoms with Crippen LogP contribution in [0.15, 0.2) is 17.8 Å². The monoisotopic (exact) mass is 249 g/mol. The highest BCUT2D eigenvalue weighted by Crippen LogP contribution is 2.41. The lowest BCUT2D eigenvalue weighted by Crippen LogP contribution is -2.26. The van der Waals surface area contributed by atoms with E-state index in [1.807, 2.05) is 12.3 Å². The van der Waals surface area contributed by atoms with Crippen molar-refractivity contribution in [2.45, 2.75) is 32.8 Å². The molecule has 1 aliphatic carbocycles. The number of aliphatic hydroxyl groups excluding tert-OH is 1. The first kappa shape index (κ1) is 10.9. The van der Waals surface area contributed by atoms with Gasteiger partial charge in [-0.2, -0.15) is 0 Å². The molecule has 0 aliphatic heterocycles. The van der Waals surface area contributed by atoms with Gasteiger partial charge in [0.15, 0.2) is 0 Å². The Kier molecular flexibility index (Phi) is 2.34. The van der Waals surface area contributed by atoms with Crippen LogP contribution in [0.5, 0.6) is 0 Å². The summed E-state index contributed by atoms with van der Waals surface area (Å²) in [7, 11) is 0. The molecule has 1 aliphatic rings. The van der Waals surface area contributed by atoms with Gasteiger partial charge in [-0.25, -0.2) is 0 Å². The Morgan fingerprint density at radius 2 is 2.35 bits per heavy atom. The molecule has 0 saturated carbocycles. The second-order valence-corrected chi connectivity index (χ2v) is 6.18. The lowest BCUT2D eigenvalue weighted by molar-refractivity contribution is 0.0987. The molecular formula is C12H15N3OS. The van der Waals surface area contributed by atoms with E-state index in [1.54, 1.807) is 5.51 Å². The zero-order valence-corrected chi connectivity index (χ0v) is 10.7. The summed E-state index contributed by atoms with van der Waals surface area (Å²) in [6.07, 6.45) is 3.41. The predicted molar refractivity (Wildman–Crippen MR) is 66.3 cm³/mol. The van der Waals surface area contributed by atoms with Gasteiger partial charge < -0.3 is 5.11 Å². The van der Waals surface area contributed by atoms with Crippen LogP contribution in [0.1, 0.15) is 37.6 Å². The van der Waals surface area contributed by atoms with E-state index in [4.69, 9.17) is 0 Å². The standard InChI is InChI=1S/C12H15N3OS/c1-12(2)5-9-8(10(16)6-12)3-4-15(9)11-14-13-7-17-11/h3-4,7,10,16H,5-6H2,1-2H3. The molecule has 1 atom stereocenters. The number of rotatable bonds is 1. The Balaban J connectivity index is 2.11. The van der Waals surface area contributed by atoms with Crippen molar-refractivity contribution < 1.29 is 5.11 Å². The highest BCUT2D eigenvalue weighted by Gasteiger charge is 2.33. The largest absolute Gasteiger partial charge is 0.388 e. The first-order chi connectivity index (χ1) is 8.07. The average molecular weight is 249 g/mol. The molecule has 3 rings (SSSR count). The van der Waals surface area contributed by atoms with Gasteiger partial charge in [0.2, 0.25) is 5.13 Å². The van der Waals surface area contributed by atoms with Crippen molar-refractivity contribution in [1.82, 2.24) is 14.8 Å². The van der Waals surface area contributed by atoms with Crippen LogP contribution in [-0.4, -0.2) is 19.9 Å². The van der Waals surface area contributed by atoms with Gasteiger partial charge >= 0.3 is 0 Å². The van der Waals surface area contributed by atoms with E-state index in [2.05, 4.69) is 28.6 Å². The summed E-state index contributed by atoms with van der Waals surface area (Å²) in [6.45, 7) is 4.38. The number of nitrogens with zero attached hydrogens (tertiary/aromatic N) is 3. The fourth-order valence-corrected chi connectivity index (χ4v) is 3.15. The van der Waals surface area contributed by atoms with Gasteiger partial charge in [0.25, 0.3) is 0 Å². The van der Waals surface area contributed by atoms with Gasteiger partial charge in [0.1, 0.15) is 5.51 Å². The van der Waals surface area contributed by atoms with Crippen LogP contribution in [0.25, 0.3) is 5.13 Å². The highest BCUT2D eigenvalue weighted by molar-refractivity contribution is 7.11. The topological polar surface area (TPSA) is 50.9 Å². The van der Waals surface area contributed by atoms with Crippen LogP contribution in [0.2, 0.25) is 0 Å². The van der Waals surface area contributed by atoms with E-state index in [0.29, 0.717) is 0 Å². The number of hydrogen-bond acceptors (Lipinski definition) is 4. The van der Waals surface area contributed by atoms with Crippen LogP contribution in [0.3, 0.4) is 0 Å². The van der Waals surface area contributed by atoms with Crippen molar-refractivity contribution in [3.05, 3.63) is 29.0 Å². The fraction of sp³-hybridized carbons (Fsp3) is 0.500. The Morgan fingerprint density at radius 3 is 3.06 bits per heavy atom. The first-order valence-electron chi connectivity index (χ1n) is 5.71. The SMILES string of the molecule is CC1(C)Cc2c(ccn2-c2nncs2)C(O)C1. The molecular weight excluding hydrogens is 234 g/mol. The summed E-state index contributed by atoms with van der Waals surface area (Å²) < 4.78 is 2.05. The molecule has 4 nitrogen and oxygen atoms in total. The van der Waals surface area contributed by atoms with Crippen LogP contribution < -0.4 is 0 Å². The number of hydrogen-bond donors (Lipinski definition) is 1. The Labute approximate surface area is 104 Å². The maximum absolute atomic E-state index is 10.2. The van der Waals surface area contributed by atoms with Crippen molar-refractivity contribution in [2.24, 2.45) is 5.41 Å². The molecule has 0 aromatic carbocycles. The molecule has 0 amide bonds. The first-order valence-corrected chi connectivity index (χ1v) is 6.59. The van der Waals surface area contributed by atoms with E-state index >= 15 is 0 Å². The predicted octanol–water partition coefficient (Wildman–Crippen LogP) is 2.33. The molecule has 90 valence electrons. The van der Waals surface area contributed by atoms with Crippen molar-refractivity contribution in [2.75, 3.05) is 0 Å². The smallest absolute Gasteiger partial charge is 0.216 e. The second-order valence-electron chi connectivity index (χ2n) is 5.37. The van der Waals surface area contributed by atoms with E-state index in [0.717, 1.165) is 23.5 Å². The van der Waals surface area contributed by atoms with Crippen LogP contribution >= 0.6 is 11.3 Å². The van der Waals surface area contributed by atoms with Crippen molar-refractivity contribution in [1.29, 1.82) is 0 Å². The molecule has 0 spiro atoms. The van der Waals surface area contributed by atoms with E-state index in [-0.39, 0.29) is 11.5 Å². The van der Waals surface area contributed by atoms with Crippen LogP contribution in [0, 0.1) is 5.41 Å². The minimum absolute atomic E-state index is 0.132. The molecule has 0 saturated heterocycles. The lowest BCUT2D eigenvalue weighted by atomic mass is 9.75. The number of aliphatic hydroxyl groups is 1. The molecule has 1 N–H and O–H groups in total. The zero-order chi connectivity index (χ0) is 12.0. The molecule has 17 heavy (non-hydrogen) atoms. The highest BCUT2D eigenvalue weighted by atomic mass is 32.1. The van der Waals surface area contributed by atoms with Gasteiger partial charge in [-0.05, 0) is 24.3 Å². The Hall–Kier alpha value is -1.20. The van der Waals surface area contributed by atoms with Gasteiger partial charge in [-0.1, -0.05) is 25.2 Å². The molecule has 2 aromatic heterocycles. The third kappa shape index (κ3) is 1.79. The number of fused-ring (bicyclic) bond motifs is 1. The normalized spacial score (nSPS) is 22.4. The summed E-state index contributed by atoms with van der Waals surface area (Å²) in [5.41, 5.74) is 4.07. The average Bonchev–Trinajstić information content (AvgIpc) is 2.82. The van der Waals surface area contributed by atoms with Gasteiger partial charge in [-0.3, -0.25) is 4.57 Å². The molecule has 5 heteroatoms. The zero-order valence-electron chi connectivity index (χ0n) is 9.92. The van der Waals surface area contributed by atoms with Crippen molar-refractivity contribution in [3.8, 4) is 5.13 Å². The summed E-state index contributed by atoms with van der Waals surface area (Å²) in [6, 6.07) is 2.00. The maximum atomic E-state index is 10.2. The maximum Gasteiger partial charge on any atom is 0.216 e. The number of aromatic nitrogens is 3. The molecule has 0 radical (unpaired) electrons.